The quantitative estimate of drug-likeness (QED) is 0.684. The Labute approximate surface area is 151 Å². The summed E-state index contributed by atoms with van der Waals surface area (Å²) in [6.07, 6.45) is 3.09. The predicted octanol–water partition coefficient (Wildman–Crippen LogP) is 2.72. The van der Waals surface area contributed by atoms with E-state index < -0.39 is 0 Å². The standard InChI is InChI=1S/C19H19N5O2/c1-3-24(4-2)19-22-17(13-7-9-15(25)10-8-13)21-18(23-19)16(26)14-6-5-11-20-12-14/h5-12,25H,3-4H2,1-2H3. The van der Waals surface area contributed by atoms with Gasteiger partial charge in [-0.3, -0.25) is 9.78 Å². The number of carbonyl (C=O) groups is 1. The molecule has 1 aromatic carbocycles. The Hall–Kier alpha value is -3.35. The summed E-state index contributed by atoms with van der Waals surface area (Å²) in [6, 6.07) is 9.89. The summed E-state index contributed by atoms with van der Waals surface area (Å²) in [5.74, 6) is 0.736. The second-order valence-corrected chi connectivity index (χ2v) is 5.57. The number of phenols is 1. The van der Waals surface area contributed by atoms with Gasteiger partial charge in [-0.2, -0.15) is 9.97 Å². The number of rotatable bonds is 6. The molecule has 0 aliphatic carbocycles. The Morgan fingerprint density at radius 2 is 1.77 bits per heavy atom. The van der Waals surface area contributed by atoms with Gasteiger partial charge in [0, 0.05) is 36.6 Å². The number of hydrogen-bond acceptors (Lipinski definition) is 7. The lowest BCUT2D eigenvalue weighted by Crippen LogP contribution is -2.26. The summed E-state index contributed by atoms with van der Waals surface area (Å²) in [4.78, 5) is 31.9. The summed E-state index contributed by atoms with van der Waals surface area (Å²) in [6.45, 7) is 5.40. The molecule has 0 aliphatic heterocycles. The second-order valence-electron chi connectivity index (χ2n) is 5.57. The van der Waals surface area contributed by atoms with Gasteiger partial charge in [-0.05, 0) is 50.2 Å². The molecular weight excluding hydrogens is 330 g/mol. The second kappa shape index (κ2) is 7.69. The maximum Gasteiger partial charge on any atom is 0.231 e. The van der Waals surface area contributed by atoms with Crippen LogP contribution in [0, 0.1) is 0 Å². The molecule has 1 N–H and O–H groups in total. The van der Waals surface area contributed by atoms with E-state index >= 15 is 0 Å². The molecule has 3 rings (SSSR count). The molecule has 0 amide bonds. The first-order valence-corrected chi connectivity index (χ1v) is 8.37. The van der Waals surface area contributed by atoms with Crippen molar-refractivity contribution in [3.8, 4) is 17.1 Å². The summed E-state index contributed by atoms with van der Waals surface area (Å²) in [5.41, 5.74) is 1.11. The average Bonchev–Trinajstić information content (AvgIpc) is 2.69. The number of phenolic OH excluding ortho intramolecular Hbond substituents is 1. The number of ketones is 1. The van der Waals surface area contributed by atoms with E-state index in [0.717, 1.165) is 0 Å². The lowest BCUT2D eigenvalue weighted by molar-refractivity contribution is 0.102. The minimum Gasteiger partial charge on any atom is -0.508 e. The van der Waals surface area contributed by atoms with Crippen molar-refractivity contribution < 1.29 is 9.90 Å². The van der Waals surface area contributed by atoms with Crippen LogP contribution in [0.3, 0.4) is 0 Å². The zero-order valence-corrected chi connectivity index (χ0v) is 14.6. The Morgan fingerprint density at radius 3 is 2.38 bits per heavy atom. The summed E-state index contributed by atoms with van der Waals surface area (Å²) in [5, 5.41) is 9.49. The molecule has 0 bridgehead atoms. The van der Waals surface area contributed by atoms with Crippen molar-refractivity contribution >= 4 is 11.7 Å². The van der Waals surface area contributed by atoms with Gasteiger partial charge in [0.1, 0.15) is 5.75 Å². The van der Waals surface area contributed by atoms with Crippen LogP contribution in [0.1, 0.15) is 30.0 Å². The highest BCUT2D eigenvalue weighted by Crippen LogP contribution is 2.21. The number of nitrogens with zero attached hydrogens (tertiary/aromatic N) is 5. The van der Waals surface area contributed by atoms with Crippen LogP contribution in [-0.2, 0) is 0 Å². The Bertz CT molecular complexity index is 894. The summed E-state index contributed by atoms with van der Waals surface area (Å²) < 4.78 is 0. The van der Waals surface area contributed by atoms with Gasteiger partial charge in [-0.25, -0.2) is 4.98 Å². The fraction of sp³-hybridized carbons (Fsp3) is 0.211. The number of hydrogen-bond donors (Lipinski definition) is 1. The van der Waals surface area contributed by atoms with Crippen molar-refractivity contribution in [3.05, 3.63) is 60.2 Å². The fourth-order valence-corrected chi connectivity index (χ4v) is 2.48. The van der Waals surface area contributed by atoms with Crippen LogP contribution in [0.15, 0.2) is 48.8 Å². The van der Waals surface area contributed by atoms with Gasteiger partial charge in [-0.1, -0.05) is 0 Å². The molecule has 0 spiro atoms. The first-order chi connectivity index (χ1) is 12.6. The molecular formula is C19H19N5O2. The van der Waals surface area contributed by atoms with Crippen LogP contribution >= 0.6 is 0 Å². The zero-order chi connectivity index (χ0) is 18.5. The van der Waals surface area contributed by atoms with Crippen LogP contribution in [0.2, 0.25) is 0 Å². The van der Waals surface area contributed by atoms with E-state index in [1.165, 1.54) is 6.20 Å². The molecule has 0 radical (unpaired) electrons. The summed E-state index contributed by atoms with van der Waals surface area (Å²) >= 11 is 0. The van der Waals surface area contributed by atoms with E-state index in [0.29, 0.717) is 36.0 Å². The van der Waals surface area contributed by atoms with Crippen LogP contribution in [-0.4, -0.2) is 43.9 Å². The van der Waals surface area contributed by atoms with Crippen molar-refractivity contribution in [2.75, 3.05) is 18.0 Å². The third-order valence-electron chi connectivity index (χ3n) is 3.92. The maximum atomic E-state index is 12.8. The molecule has 7 heteroatoms. The van der Waals surface area contributed by atoms with Crippen LogP contribution in [0.4, 0.5) is 5.95 Å². The molecule has 3 aromatic rings. The van der Waals surface area contributed by atoms with Gasteiger partial charge >= 0.3 is 0 Å². The molecule has 0 saturated carbocycles. The molecule has 0 fully saturated rings. The number of carbonyl (C=O) groups excluding carboxylic acids is 1. The van der Waals surface area contributed by atoms with Gasteiger partial charge in [0.15, 0.2) is 5.82 Å². The minimum atomic E-state index is -0.311. The Kier molecular flexibility index (Phi) is 5.17. The molecule has 0 saturated heterocycles. The van der Waals surface area contributed by atoms with Crippen LogP contribution in [0.25, 0.3) is 11.4 Å². The maximum absolute atomic E-state index is 12.8. The molecule has 26 heavy (non-hydrogen) atoms. The number of pyridine rings is 1. The van der Waals surface area contributed by atoms with E-state index in [9.17, 15) is 9.90 Å². The smallest absolute Gasteiger partial charge is 0.231 e. The molecule has 0 atom stereocenters. The van der Waals surface area contributed by atoms with Crippen molar-refractivity contribution in [2.45, 2.75) is 13.8 Å². The number of aromatic hydroxyl groups is 1. The van der Waals surface area contributed by atoms with Crippen molar-refractivity contribution in [3.63, 3.8) is 0 Å². The van der Waals surface area contributed by atoms with Gasteiger partial charge in [0.05, 0.1) is 0 Å². The first kappa shape index (κ1) is 17.5. The van der Waals surface area contributed by atoms with E-state index in [-0.39, 0.29) is 17.4 Å². The average molecular weight is 349 g/mol. The Morgan fingerprint density at radius 1 is 1.04 bits per heavy atom. The highest BCUT2D eigenvalue weighted by atomic mass is 16.3. The lowest BCUT2D eigenvalue weighted by atomic mass is 10.1. The highest BCUT2D eigenvalue weighted by molar-refractivity contribution is 6.06. The third-order valence-corrected chi connectivity index (χ3v) is 3.92. The predicted molar refractivity (Wildman–Crippen MR) is 98.2 cm³/mol. The largest absolute Gasteiger partial charge is 0.508 e. The van der Waals surface area contributed by atoms with Crippen LogP contribution in [0.5, 0.6) is 5.75 Å². The van der Waals surface area contributed by atoms with E-state index in [1.807, 2.05) is 18.7 Å². The van der Waals surface area contributed by atoms with Crippen molar-refractivity contribution in [1.29, 1.82) is 0 Å². The highest BCUT2D eigenvalue weighted by Gasteiger charge is 2.18. The first-order valence-electron chi connectivity index (χ1n) is 8.37. The van der Waals surface area contributed by atoms with E-state index in [2.05, 4.69) is 19.9 Å². The number of anilines is 1. The lowest BCUT2D eigenvalue weighted by Gasteiger charge is -2.19. The SMILES string of the molecule is CCN(CC)c1nc(C(=O)c2cccnc2)nc(-c2ccc(O)cc2)n1. The molecule has 7 nitrogen and oxygen atoms in total. The zero-order valence-electron chi connectivity index (χ0n) is 14.6. The van der Waals surface area contributed by atoms with Gasteiger partial charge in [-0.15, -0.1) is 0 Å². The molecule has 0 aliphatic rings. The van der Waals surface area contributed by atoms with Gasteiger partial charge in [0.25, 0.3) is 0 Å². The number of benzene rings is 1. The number of aromatic nitrogens is 4. The van der Waals surface area contributed by atoms with Crippen LogP contribution < -0.4 is 4.90 Å². The molecule has 0 unspecified atom stereocenters. The third kappa shape index (κ3) is 3.66. The normalized spacial score (nSPS) is 10.5. The Balaban J connectivity index is 2.11. The monoisotopic (exact) mass is 349 g/mol. The minimum absolute atomic E-state index is 0.0676. The molecule has 132 valence electrons. The molecule has 2 heterocycles. The van der Waals surface area contributed by atoms with Crippen molar-refractivity contribution in [2.24, 2.45) is 0 Å². The van der Waals surface area contributed by atoms with Crippen molar-refractivity contribution in [1.82, 2.24) is 19.9 Å². The van der Waals surface area contributed by atoms with E-state index in [4.69, 9.17) is 0 Å². The van der Waals surface area contributed by atoms with Gasteiger partial charge in [0.2, 0.25) is 17.6 Å². The summed E-state index contributed by atoms with van der Waals surface area (Å²) in [7, 11) is 0. The molecule has 2 aromatic heterocycles. The van der Waals surface area contributed by atoms with E-state index in [1.54, 1.807) is 42.6 Å². The van der Waals surface area contributed by atoms with Gasteiger partial charge < -0.3 is 10.0 Å². The fourth-order valence-electron chi connectivity index (χ4n) is 2.48. The topological polar surface area (TPSA) is 92.1 Å².